The van der Waals surface area contributed by atoms with Crippen molar-refractivity contribution in [2.75, 3.05) is 39.8 Å². The molecule has 1 aliphatic heterocycles. The molecule has 0 bridgehead atoms. The summed E-state index contributed by atoms with van der Waals surface area (Å²) in [4.78, 5) is 21.3. The molecule has 22 heavy (non-hydrogen) atoms. The summed E-state index contributed by atoms with van der Waals surface area (Å²) in [5.74, 6) is 1.36. The number of nitrogens with one attached hydrogen (secondary N) is 1. The van der Waals surface area contributed by atoms with Crippen LogP contribution in [0.15, 0.2) is 22.0 Å². The second-order valence-electron chi connectivity index (χ2n) is 5.21. The molecule has 1 fully saturated rings. The normalized spacial score (nSPS) is 16.8. The number of hydrogen-bond acceptors (Lipinski definition) is 7. The van der Waals surface area contributed by atoms with E-state index in [0.717, 1.165) is 31.1 Å². The fourth-order valence-corrected chi connectivity index (χ4v) is 3.05. The quantitative estimate of drug-likeness (QED) is 0.872. The zero-order chi connectivity index (χ0) is 15.4. The highest BCUT2D eigenvalue weighted by Gasteiger charge is 2.20. The highest BCUT2D eigenvalue weighted by Crippen LogP contribution is 2.21. The minimum Gasteiger partial charge on any atom is -0.358 e. The highest BCUT2D eigenvalue weighted by atomic mass is 32.1. The minimum atomic E-state index is 0.0611. The predicted molar refractivity (Wildman–Crippen MR) is 83.4 cm³/mol. The lowest BCUT2D eigenvalue weighted by atomic mass is 10.3. The van der Waals surface area contributed by atoms with Crippen molar-refractivity contribution in [3.63, 3.8) is 0 Å². The lowest BCUT2D eigenvalue weighted by molar-refractivity contribution is -0.122. The largest absolute Gasteiger partial charge is 0.358 e. The van der Waals surface area contributed by atoms with E-state index in [1.54, 1.807) is 18.4 Å². The molecule has 2 aromatic rings. The Balaban J connectivity index is 1.50. The zero-order valence-electron chi connectivity index (χ0n) is 12.5. The van der Waals surface area contributed by atoms with Crippen LogP contribution in [0.2, 0.25) is 0 Å². The van der Waals surface area contributed by atoms with Crippen molar-refractivity contribution in [3.05, 3.63) is 23.4 Å². The summed E-state index contributed by atoms with van der Waals surface area (Å²) in [5, 5.41) is 8.67. The van der Waals surface area contributed by atoms with Gasteiger partial charge >= 0.3 is 0 Å². The van der Waals surface area contributed by atoms with Gasteiger partial charge in [-0.2, -0.15) is 4.98 Å². The Morgan fingerprint density at radius 2 is 2.14 bits per heavy atom. The Hall–Kier alpha value is -1.77. The molecule has 0 radical (unpaired) electrons. The first kappa shape index (κ1) is 15.1. The third kappa shape index (κ3) is 3.70. The van der Waals surface area contributed by atoms with Gasteiger partial charge < -0.3 is 9.84 Å². The van der Waals surface area contributed by atoms with Crippen molar-refractivity contribution >= 4 is 17.2 Å². The third-order valence-corrected chi connectivity index (χ3v) is 4.55. The van der Waals surface area contributed by atoms with Crippen molar-refractivity contribution in [3.8, 4) is 10.7 Å². The number of piperazine rings is 1. The van der Waals surface area contributed by atoms with Gasteiger partial charge in [-0.1, -0.05) is 11.2 Å². The summed E-state index contributed by atoms with van der Waals surface area (Å²) in [6.07, 6.45) is 0. The Morgan fingerprint density at radius 1 is 1.36 bits per heavy atom. The Bertz CT molecular complexity index is 605. The topological polar surface area (TPSA) is 74.5 Å². The van der Waals surface area contributed by atoms with Gasteiger partial charge in [-0.3, -0.25) is 14.6 Å². The monoisotopic (exact) mass is 321 g/mol. The second kappa shape index (κ2) is 6.99. The van der Waals surface area contributed by atoms with E-state index in [2.05, 4.69) is 25.3 Å². The zero-order valence-corrected chi connectivity index (χ0v) is 13.3. The first-order valence-electron chi connectivity index (χ1n) is 7.26. The summed E-state index contributed by atoms with van der Waals surface area (Å²) in [5.41, 5.74) is 0. The van der Waals surface area contributed by atoms with Crippen molar-refractivity contribution in [1.29, 1.82) is 0 Å². The molecule has 8 heteroatoms. The molecule has 2 aromatic heterocycles. The SMILES string of the molecule is CNC(=O)CN1CCN(Cc2nc(-c3cccs3)no2)CC1. The predicted octanol–water partition coefficient (Wildman–Crippen LogP) is 0.662. The number of aromatic nitrogens is 2. The first-order valence-corrected chi connectivity index (χ1v) is 8.14. The fourth-order valence-electron chi connectivity index (χ4n) is 2.40. The lowest BCUT2D eigenvalue weighted by Gasteiger charge is -2.33. The molecule has 0 aliphatic carbocycles. The maximum Gasteiger partial charge on any atom is 0.241 e. The lowest BCUT2D eigenvalue weighted by Crippen LogP contribution is -2.48. The molecule has 1 aliphatic rings. The summed E-state index contributed by atoms with van der Waals surface area (Å²) < 4.78 is 5.33. The number of rotatable bonds is 5. The van der Waals surface area contributed by atoms with E-state index in [4.69, 9.17) is 4.52 Å². The highest BCUT2D eigenvalue weighted by molar-refractivity contribution is 7.13. The van der Waals surface area contributed by atoms with Gasteiger partial charge in [0.05, 0.1) is 18.0 Å². The molecule has 0 atom stereocenters. The van der Waals surface area contributed by atoms with E-state index < -0.39 is 0 Å². The number of hydrogen-bond donors (Lipinski definition) is 1. The average molecular weight is 321 g/mol. The van der Waals surface area contributed by atoms with E-state index in [1.807, 2.05) is 17.5 Å². The van der Waals surface area contributed by atoms with Crippen LogP contribution in [0.1, 0.15) is 5.89 Å². The molecule has 0 saturated carbocycles. The van der Waals surface area contributed by atoms with E-state index >= 15 is 0 Å². The van der Waals surface area contributed by atoms with Crippen molar-refractivity contribution in [2.45, 2.75) is 6.54 Å². The molecule has 0 unspecified atom stereocenters. The number of nitrogens with zero attached hydrogens (tertiary/aromatic N) is 4. The number of thiophene rings is 1. The van der Waals surface area contributed by atoms with Crippen LogP contribution in [0.4, 0.5) is 0 Å². The van der Waals surface area contributed by atoms with Gasteiger partial charge in [-0.15, -0.1) is 11.3 Å². The van der Waals surface area contributed by atoms with Gasteiger partial charge in [0.25, 0.3) is 0 Å². The number of amides is 1. The summed E-state index contributed by atoms with van der Waals surface area (Å²) in [6, 6.07) is 3.96. The van der Waals surface area contributed by atoms with Crippen LogP contribution < -0.4 is 5.32 Å². The van der Waals surface area contributed by atoms with Gasteiger partial charge in [0.15, 0.2) is 0 Å². The van der Waals surface area contributed by atoms with E-state index in [1.165, 1.54) is 0 Å². The van der Waals surface area contributed by atoms with E-state index in [0.29, 0.717) is 24.8 Å². The summed E-state index contributed by atoms with van der Waals surface area (Å²) >= 11 is 1.60. The van der Waals surface area contributed by atoms with Gasteiger partial charge in [-0.25, -0.2) is 0 Å². The molecule has 0 aromatic carbocycles. The van der Waals surface area contributed by atoms with Crippen LogP contribution in [-0.4, -0.2) is 65.6 Å². The molecule has 1 N–H and O–H groups in total. The van der Waals surface area contributed by atoms with Gasteiger partial charge in [0, 0.05) is 33.2 Å². The number of carbonyl (C=O) groups is 1. The minimum absolute atomic E-state index is 0.0611. The van der Waals surface area contributed by atoms with Crippen LogP contribution in [0.3, 0.4) is 0 Å². The van der Waals surface area contributed by atoms with Gasteiger partial charge in [-0.05, 0) is 11.4 Å². The van der Waals surface area contributed by atoms with Crippen LogP contribution in [0.25, 0.3) is 10.7 Å². The average Bonchev–Trinajstić information content (AvgIpc) is 3.20. The molecular formula is C14H19N5O2S. The maximum absolute atomic E-state index is 11.4. The Labute approximate surface area is 132 Å². The second-order valence-corrected chi connectivity index (χ2v) is 6.16. The Kier molecular flexibility index (Phi) is 4.81. The molecule has 3 heterocycles. The van der Waals surface area contributed by atoms with E-state index in [9.17, 15) is 4.79 Å². The van der Waals surface area contributed by atoms with Crippen LogP contribution in [-0.2, 0) is 11.3 Å². The Morgan fingerprint density at radius 3 is 2.82 bits per heavy atom. The molecule has 1 saturated heterocycles. The smallest absolute Gasteiger partial charge is 0.241 e. The molecule has 7 nitrogen and oxygen atoms in total. The fraction of sp³-hybridized carbons (Fsp3) is 0.500. The standard InChI is InChI=1S/C14H19N5O2S/c1-15-12(20)9-18-4-6-19(7-5-18)10-13-16-14(17-21-13)11-3-2-8-22-11/h2-3,8H,4-7,9-10H2,1H3,(H,15,20). The summed E-state index contributed by atoms with van der Waals surface area (Å²) in [7, 11) is 1.67. The number of carbonyl (C=O) groups excluding carboxylic acids is 1. The van der Waals surface area contributed by atoms with Gasteiger partial charge in [0.1, 0.15) is 0 Å². The molecule has 0 spiro atoms. The molecular weight excluding hydrogens is 302 g/mol. The third-order valence-electron chi connectivity index (χ3n) is 3.68. The molecule has 1 amide bonds. The van der Waals surface area contributed by atoms with Crippen molar-refractivity contribution in [1.82, 2.24) is 25.3 Å². The molecule has 118 valence electrons. The van der Waals surface area contributed by atoms with Crippen molar-refractivity contribution < 1.29 is 9.32 Å². The first-order chi connectivity index (χ1) is 10.7. The molecule has 3 rings (SSSR count). The van der Waals surface area contributed by atoms with Crippen molar-refractivity contribution in [2.24, 2.45) is 0 Å². The number of likely N-dealkylation sites (N-methyl/N-ethyl adjacent to an activating group) is 1. The maximum atomic E-state index is 11.4. The van der Waals surface area contributed by atoms with Crippen LogP contribution in [0.5, 0.6) is 0 Å². The van der Waals surface area contributed by atoms with E-state index in [-0.39, 0.29) is 5.91 Å². The summed E-state index contributed by atoms with van der Waals surface area (Å²) in [6.45, 7) is 4.67. The van der Waals surface area contributed by atoms with Crippen LogP contribution >= 0.6 is 11.3 Å². The van der Waals surface area contributed by atoms with Gasteiger partial charge in [0.2, 0.25) is 17.6 Å². The van der Waals surface area contributed by atoms with Crippen LogP contribution in [0, 0.1) is 0 Å².